The average Bonchev–Trinajstić information content (AvgIpc) is 3.16. The van der Waals surface area contributed by atoms with E-state index < -0.39 is 17.8 Å². The third kappa shape index (κ3) is 4.95. The molecule has 5 nitrogen and oxygen atoms in total. The van der Waals surface area contributed by atoms with Gasteiger partial charge in [-0.3, -0.25) is 9.59 Å². The lowest BCUT2D eigenvalue weighted by Crippen LogP contribution is -2.49. The minimum atomic E-state index is -4.43. The van der Waals surface area contributed by atoms with Crippen LogP contribution in [-0.2, 0) is 28.7 Å². The molecule has 1 atom stereocenters. The first kappa shape index (κ1) is 23.4. The van der Waals surface area contributed by atoms with Crippen LogP contribution in [0.25, 0.3) is 0 Å². The highest BCUT2D eigenvalue weighted by Gasteiger charge is 2.34. The van der Waals surface area contributed by atoms with E-state index in [0.29, 0.717) is 42.3 Å². The highest BCUT2D eigenvalue weighted by Crippen LogP contribution is 2.40. The zero-order valence-corrected chi connectivity index (χ0v) is 19.0. The van der Waals surface area contributed by atoms with Crippen LogP contribution in [-0.4, -0.2) is 35.8 Å². The molecule has 0 aliphatic carbocycles. The van der Waals surface area contributed by atoms with Crippen LogP contribution in [0.4, 0.5) is 24.5 Å². The number of piperidine rings is 1. The van der Waals surface area contributed by atoms with Gasteiger partial charge < -0.3 is 15.1 Å². The van der Waals surface area contributed by atoms with Crippen molar-refractivity contribution in [3.05, 3.63) is 58.1 Å². The minimum absolute atomic E-state index is 0.0871. The molecule has 4 rings (SSSR count). The number of rotatable bonds is 4. The molecule has 0 aromatic heterocycles. The standard InChI is InChI=1S/C24H25ClF3N3O2/c1-15(32)31-10-5-4-8-21(31)23(33)29-18-12-16-9-11-30(22(16)20(25)13-18)14-17-6-2-3-7-19(17)24(26,27)28/h2-3,6-7,12-13,21H,4-5,8-11,14H2,1H3,(H,29,33)/t21-/m1/s1. The van der Waals surface area contributed by atoms with Gasteiger partial charge in [0.25, 0.3) is 0 Å². The number of amides is 2. The summed E-state index contributed by atoms with van der Waals surface area (Å²) in [6.07, 6.45) is -1.46. The summed E-state index contributed by atoms with van der Waals surface area (Å²) >= 11 is 6.53. The lowest BCUT2D eigenvalue weighted by molar-refractivity contribution is -0.138. The van der Waals surface area contributed by atoms with Gasteiger partial charge in [-0.15, -0.1) is 0 Å². The molecule has 0 unspecified atom stereocenters. The smallest absolute Gasteiger partial charge is 0.365 e. The average molecular weight is 480 g/mol. The number of carbonyl (C=O) groups excluding carboxylic acids is 2. The quantitative estimate of drug-likeness (QED) is 0.650. The maximum Gasteiger partial charge on any atom is 0.416 e. The van der Waals surface area contributed by atoms with Crippen LogP contribution in [0.2, 0.25) is 5.02 Å². The van der Waals surface area contributed by atoms with Gasteiger partial charge in [-0.2, -0.15) is 13.2 Å². The molecule has 176 valence electrons. The summed E-state index contributed by atoms with van der Waals surface area (Å²) in [5.74, 6) is -0.383. The van der Waals surface area contributed by atoms with E-state index in [-0.39, 0.29) is 23.9 Å². The molecule has 0 bridgehead atoms. The number of halogens is 4. The summed E-state index contributed by atoms with van der Waals surface area (Å²) < 4.78 is 40.2. The van der Waals surface area contributed by atoms with Crippen LogP contribution in [0.5, 0.6) is 0 Å². The fourth-order valence-electron chi connectivity index (χ4n) is 4.75. The highest BCUT2D eigenvalue weighted by molar-refractivity contribution is 6.34. The van der Waals surface area contributed by atoms with Gasteiger partial charge in [0.15, 0.2) is 0 Å². The van der Waals surface area contributed by atoms with E-state index in [4.69, 9.17) is 11.6 Å². The first-order chi connectivity index (χ1) is 15.6. The van der Waals surface area contributed by atoms with Crippen LogP contribution in [0.3, 0.4) is 0 Å². The van der Waals surface area contributed by atoms with Crippen molar-refractivity contribution >= 4 is 34.8 Å². The Morgan fingerprint density at radius 3 is 2.64 bits per heavy atom. The molecule has 2 aromatic rings. The molecule has 0 spiro atoms. The zero-order chi connectivity index (χ0) is 23.8. The fourth-order valence-corrected chi connectivity index (χ4v) is 5.10. The Hall–Kier alpha value is -2.74. The molecule has 0 saturated carbocycles. The van der Waals surface area contributed by atoms with E-state index in [2.05, 4.69) is 5.32 Å². The number of alkyl halides is 3. The van der Waals surface area contributed by atoms with Gasteiger partial charge in [0, 0.05) is 32.2 Å². The second-order valence-electron chi connectivity index (χ2n) is 8.51. The van der Waals surface area contributed by atoms with Crippen molar-refractivity contribution in [1.82, 2.24) is 4.90 Å². The Morgan fingerprint density at radius 2 is 1.91 bits per heavy atom. The molecule has 2 aliphatic rings. The van der Waals surface area contributed by atoms with E-state index in [1.165, 1.54) is 19.1 Å². The maximum absolute atomic E-state index is 13.4. The Kier molecular flexibility index (Phi) is 6.56. The number of carbonyl (C=O) groups is 2. The molecular formula is C24H25ClF3N3O2. The van der Waals surface area contributed by atoms with E-state index >= 15 is 0 Å². The lowest BCUT2D eigenvalue weighted by Gasteiger charge is -2.34. The van der Waals surface area contributed by atoms with Crippen molar-refractivity contribution in [3.63, 3.8) is 0 Å². The van der Waals surface area contributed by atoms with Gasteiger partial charge in [0.05, 0.1) is 16.3 Å². The number of hydrogen-bond donors (Lipinski definition) is 1. The number of nitrogens with one attached hydrogen (secondary N) is 1. The predicted octanol–water partition coefficient (Wildman–Crippen LogP) is 5.26. The highest BCUT2D eigenvalue weighted by atomic mass is 35.5. The van der Waals surface area contributed by atoms with Crippen LogP contribution in [0.1, 0.15) is 42.9 Å². The summed E-state index contributed by atoms with van der Waals surface area (Å²) in [7, 11) is 0. The topological polar surface area (TPSA) is 52.7 Å². The first-order valence-electron chi connectivity index (χ1n) is 11.0. The summed E-state index contributed by atoms with van der Waals surface area (Å²) in [4.78, 5) is 28.2. The van der Waals surface area contributed by atoms with Crippen LogP contribution >= 0.6 is 11.6 Å². The summed E-state index contributed by atoms with van der Waals surface area (Å²) in [6, 6.07) is 8.46. The van der Waals surface area contributed by atoms with Crippen molar-refractivity contribution < 1.29 is 22.8 Å². The summed E-state index contributed by atoms with van der Waals surface area (Å²) in [5.41, 5.74) is 1.62. The van der Waals surface area contributed by atoms with Gasteiger partial charge in [0.2, 0.25) is 11.8 Å². The Balaban J connectivity index is 1.53. The van der Waals surface area contributed by atoms with Gasteiger partial charge in [-0.05, 0) is 55.0 Å². The largest absolute Gasteiger partial charge is 0.416 e. The van der Waals surface area contributed by atoms with Gasteiger partial charge in [-0.25, -0.2) is 0 Å². The monoisotopic (exact) mass is 479 g/mol. The van der Waals surface area contributed by atoms with Crippen LogP contribution in [0.15, 0.2) is 36.4 Å². The molecule has 1 saturated heterocycles. The third-order valence-electron chi connectivity index (χ3n) is 6.27. The number of fused-ring (bicyclic) bond motifs is 1. The SMILES string of the molecule is CC(=O)N1CCCC[C@@H]1C(=O)Nc1cc(Cl)c2c(c1)CCN2Cc1ccccc1C(F)(F)F. The van der Waals surface area contributed by atoms with Crippen molar-refractivity contribution in [2.75, 3.05) is 23.3 Å². The van der Waals surface area contributed by atoms with Crippen LogP contribution in [0, 0.1) is 0 Å². The van der Waals surface area contributed by atoms with Crippen molar-refractivity contribution in [2.24, 2.45) is 0 Å². The van der Waals surface area contributed by atoms with E-state index in [1.54, 1.807) is 17.0 Å². The molecule has 0 radical (unpaired) electrons. The molecule has 2 heterocycles. The molecule has 2 aromatic carbocycles. The number of hydrogen-bond acceptors (Lipinski definition) is 3. The first-order valence-corrected chi connectivity index (χ1v) is 11.3. The van der Waals surface area contributed by atoms with Crippen molar-refractivity contribution in [2.45, 2.75) is 51.4 Å². The Morgan fingerprint density at radius 1 is 1.15 bits per heavy atom. The molecule has 2 amide bonds. The maximum atomic E-state index is 13.4. The number of benzene rings is 2. The van der Waals surface area contributed by atoms with E-state index in [1.807, 2.05) is 11.0 Å². The summed E-state index contributed by atoms with van der Waals surface area (Å²) in [6.45, 7) is 2.64. The lowest BCUT2D eigenvalue weighted by atomic mass is 10.0. The second kappa shape index (κ2) is 9.25. The number of nitrogens with zero attached hydrogens (tertiary/aromatic N) is 2. The molecule has 2 aliphatic heterocycles. The summed E-state index contributed by atoms with van der Waals surface area (Å²) in [5, 5.41) is 3.25. The van der Waals surface area contributed by atoms with Gasteiger partial charge in [0.1, 0.15) is 6.04 Å². The molecule has 9 heteroatoms. The van der Waals surface area contributed by atoms with Crippen molar-refractivity contribution in [1.29, 1.82) is 0 Å². The molecular weight excluding hydrogens is 455 g/mol. The number of anilines is 2. The van der Waals surface area contributed by atoms with Crippen molar-refractivity contribution in [3.8, 4) is 0 Å². The zero-order valence-electron chi connectivity index (χ0n) is 18.2. The third-order valence-corrected chi connectivity index (χ3v) is 6.56. The Labute approximate surface area is 195 Å². The second-order valence-corrected chi connectivity index (χ2v) is 8.91. The molecule has 33 heavy (non-hydrogen) atoms. The predicted molar refractivity (Wildman–Crippen MR) is 121 cm³/mol. The minimum Gasteiger partial charge on any atom is -0.365 e. The van der Waals surface area contributed by atoms with Gasteiger partial charge >= 0.3 is 6.18 Å². The van der Waals surface area contributed by atoms with E-state index in [0.717, 1.165) is 24.5 Å². The number of likely N-dealkylation sites (tertiary alicyclic amines) is 1. The fraction of sp³-hybridized carbons (Fsp3) is 0.417. The molecule has 1 fully saturated rings. The van der Waals surface area contributed by atoms with Crippen LogP contribution < -0.4 is 10.2 Å². The Bertz CT molecular complexity index is 1070. The van der Waals surface area contributed by atoms with Gasteiger partial charge in [-0.1, -0.05) is 29.8 Å². The van der Waals surface area contributed by atoms with E-state index in [9.17, 15) is 22.8 Å². The molecule has 1 N–H and O–H groups in total. The normalized spacial score (nSPS) is 18.3.